The quantitative estimate of drug-likeness (QED) is 0.489. The maximum absolute atomic E-state index is 10.8. The molecule has 1 aromatic rings. The van der Waals surface area contributed by atoms with E-state index in [-0.39, 0.29) is 5.97 Å². The molecule has 1 heterocycles. The van der Waals surface area contributed by atoms with E-state index in [4.69, 9.17) is 5.73 Å². The Balaban J connectivity index is 2.26. The number of carbonyl (C=O) groups is 1. The van der Waals surface area contributed by atoms with Gasteiger partial charge in [-0.2, -0.15) is 0 Å². The van der Waals surface area contributed by atoms with Gasteiger partial charge in [0, 0.05) is 6.42 Å². The SMILES string of the molecule is COC(=O)CCCSc1sc(N)nc1C. The van der Waals surface area contributed by atoms with Crippen molar-refractivity contribution in [3.63, 3.8) is 0 Å². The Morgan fingerprint density at radius 2 is 2.40 bits per heavy atom. The molecule has 0 amide bonds. The number of nitrogens with two attached hydrogens (primary N) is 1. The topological polar surface area (TPSA) is 65.2 Å². The van der Waals surface area contributed by atoms with Crippen molar-refractivity contribution in [2.75, 3.05) is 18.6 Å². The highest BCUT2D eigenvalue weighted by Crippen LogP contribution is 2.30. The molecular weight excluding hydrogens is 232 g/mol. The molecule has 0 aliphatic rings. The summed E-state index contributed by atoms with van der Waals surface area (Å²) in [5.74, 6) is 0.730. The summed E-state index contributed by atoms with van der Waals surface area (Å²) in [5, 5.41) is 0.600. The molecule has 0 aliphatic carbocycles. The lowest BCUT2D eigenvalue weighted by atomic mass is 10.3. The number of nitrogens with zero attached hydrogens (tertiary/aromatic N) is 1. The lowest BCUT2D eigenvalue weighted by Gasteiger charge is -1.99. The molecule has 1 aromatic heterocycles. The van der Waals surface area contributed by atoms with Crippen LogP contribution in [0.25, 0.3) is 0 Å². The van der Waals surface area contributed by atoms with Crippen LogP contribution in [0.4, 0.5) is 5.13 Å². The van der Waals surface area contributed by atoms with E-state index in [1.165, 1.54) is 18.4 Å². The zero-order valence-corrected chi connectivity index (χ0v) is 10.4. The Hall–Kier alpha value is -0.750. The number of thiazole rings is 1. The molecule has 0 aromatic carbocycles. The van der Waals surface area contributed by atoms with Crippen molar-refractivity contribution < 1.29 is 9.53 Å². The Labute approximate surface area is 97.2 Å². The second-order valence-corrected chi connectivity index (χ2v) is 5.35. The average molecular weight is 246 g/mol. The van der Waals surface area contributed by atoms with Crippen LogP contribution >= 0.6 is 23.1 Å². The number of hydrogen-bond acceptors (Lipinski definition) is 6. The van der Waals surface area contributed by atoms with E-state index in [1.54, 1.807) is 11.8 Å². The predicted octanol–water partition coefficient (Wildman–Crippen LogP) is 2.08. The predicted molar refractivity (Wildman–Crippen MR) is 63.2 cm³/mol. The van der Waals surface area contributed by atoms with Crippen LogP contribution < -0.4 is 5.73 Å². The number of thioether (sulfide) groups is 1. The number of aromatic nitrogens is 1. The van der Waals surface area contributed by atoms with Crippen LogP contribution in [0.2, 0.25) is 0 Å². The molecule has 0 saturated heterocycles. The van der Waals surface area contributed by atoms with Gasteiger partial charge in [0.05, 0.1) is 17.0 Å². The number of esters is 1. The molecule has 0 aliphatic heterocycles. The van der Waals surface area contributed by atoms with Crippen LogP contribution in [0.5, 0.6) is 0 Å². The van der Waals surface area contributed by atoms with Crippen molar-refractivity contribution in [3.05, 3.63) is 5.69 Å². The van der Waals surface area contributed by atoms with E-state index in [2.05, 4.69) is 9.72 Å². The van der Waals surface area contributed by atoms with Crippen molar-refractivity contribution in [1.29, 1.82) is 0 Å². The van der Waals surface area contributed by atoms with Crippen molar-refractivity contribution in [2.45, 2.75) is 24.0 Å². The summed E-state index contributed by atoms with van der Waals surface area (Å²) in [6.45, 7) is 1.94. The van der Waals surface area contributed by atoms with E-state index in [0.717, 1.165) is 22.1 Å². The monoisotopic (exact) mass is 246 g/mol. The minimum absolute atomic E-state index is 0.156. The standard InChI is InChI=1S/C9H14N2O2S2/c1-6-8(15-9(10)11-6)14-5-3-4-7(12)13-2/h3-5H2,1-2H3,(H2,10,11). The van der Waals surface area contributed by atoms with Gasteiger partial charge in [-0.1, -0.05) is 11.3 Å². The zero-order chi connectivity index (χ0) is 11.3. The minimum atomic E-state index is -0.156. The summed E-state index contributed by atoms with van der Waals surface area (Å²) < 4.78 is 5.69. The van der Waals surface area contributed by atoms with Crippen LogP contribution in [0.1, 0.15) is 18.5 Å². The number of ether oxygens (including phenoxy) is 1. The van der Waals surface area contributed by atoms with E-state index in [1.807, 2.05) is 6.92 Å². The normalized spacial score (nSPS) is 10.3. The Bertz CT molecular complexity index is 339. The number of aryl methyl sites for hydroxylation is 1. The first kappa shape index (κ1) is 12.3. The fourth-order valence-corrected chi connectivity index (χ4v) is 3.06. The highest BCUT2D eigenvalue weighted by Gasteiger charge is 2.06. The van der Waals surface area contributed by atoms with Gasteiger partial charge in [-0.3, -0.25) is 4.79 Å². The molecule has 0 bridgehead atoms. The third-order valence-corrected chi connectivity index (χ3v) is 4.19. The molecule has 0 fully saturated rings. The summed E-state index contributed by atoms with van der Waals surface area (Å²) >= 11 is 3.18. The number of hydrogen-bond donors (Lipinski definition) is 1. The van der Waals surface area contributed by atoms with E-state index < -0.39 is 0 Å². The summed E-state index contributed by atoms with van der Waals surface area (Å²) in [7, 11) is 1.41. The number of nitrogen functional groups attached to an aromatic ring is 1. The van der Waals surface area contributed by atoms with Gasteiger partial charge in [0.1, 0.15) is 0 Å². The van der Waals surface area contributed by atoms with Crippen LogP contribution in [0.3, 0.4) is 0 Å². The first-order chi connectivity index (χ1) is 7.13. The third-order valence-electron chi connectivity index (χ3n) is 1.76. The van der Waals surface area contributed by atoms with Crippen LogP contribution in [0, 0.1) is 6.92 Å². The average Bonchev–Trinajstić information content (AvgIpc) is 2.52. The largest absolute Gasteiger partial charge is 0.469 e. The second kappa shape index (κ2) is 5.97. The fourth-order valence-electron chi connectivity index (χ4n) is 1.02. The van der Waals surface area contributed by atoms with E-state index >= 15 is 0 Å². The van der Waals surface area contributed by atoms with Crippen molar-refractivity contribution in [3.8, 4) is 0 Å². The maximum atomic E-state index is 10.8. The molecular formula is C9H14N2O2S2. The molecule has 1 rings (SSSR count). The Morgan fingerprint density at radius 1 is 1.67 bits per heavy atom. The highest BCUT2D eigenvalue weighted by molar-refractivity contribution is 8.01. The molecule has 15 heavy (non-hydrogen) atoms. The fraction of sp³-hybridized carbons (Fsp3) is 0.556. The van der Waals surface area contributed by atoms with Gasteiger partial charge in [0.2, 0.25) is 0 Å². The zero-order valence-electron chi connectivity index (χ0n) is 8.78. The first-order valence-corrected chi connectivity index (χ1v) is 6.36. The van der Waals surface area contributed by atoms with Crippen LogP contribution in [-0.2, 0) is 9.53 Å². The van der Waals surface area contributed by atoms with Crippen molar-refractivity contribution in [2.24, 2.45) is 0 Å². The molecule has 0 unspecified atom stereocenters. The molecule has 0 spiro atoms. The van der Waals surface area contributed by atoms with Crippen molar-refractivity contribution >= 4 is 34.2 Å². The van der Waals surface area contributed by atoms with Crippen LogP contribution in [0.15, 0.2) is 4.21 Å². The summed E-state index contributed by atoms with van der Waals surface area (Å²) in [6.07, 6.45) is 1.28. The van der Waals surface area contributed by atoms with Gasteiger partial charge < -0.3 is 10.5 Å². The molecule has 0 radical (unpaired) electrons. The molecule has 6 heteroatoms. The van der Waals surface area contributed by atoms with Gasteiger partial charge in [0.15, 0.2) is 5.13 Å². The molecule has 2 N–H and O–H groups in total. The maximum Gasteiger partial charge on any atom is 0.305 e. The van der Waals surface area contributed by atoms with E-state index in [9.17, 15) is 4.79 Å². The lowest BCUT2D eigenvalue weighted by Crippen LogP contribution is -1.99. The van der Waals surface area contributed by atoms with E-state index in [0.29, 0.717) is 11.6 Å². The highest BCUT2D eigenvalue weighted by atomic mass is 32.2. The number of rotatable bonds is 5. The first-order valence-electron chi connectivity index (χ1n) is 4.56. The van der Waals surface area contributed by atoms with Gasteiger partial charge in [-0.15, -0.1) is 11.8 Å². The van der Waals surface area contributed by atoms with Crippen molar-refractivity contribution in [1.82, 2.24) is 4.98 Å². The Morgan fingerprint density at radius 3 is 2.93 bits per heavy atom. The molecule has 84 valence electrons. The lowest BCUT2D eigenvalue weighted by molar-refractivity contribution is -0.140. The summed E-state index contributed by atoms with van der Waals surface area (Å²) in [5.41, 5.74) is 6.55. The molecule has 0 saturated carbocycles. The molecule has 0 atom stereocenters. The second-order valence-electron chi connectivity index (χ2n) is 2.95. The van der Waals surface area contributed by atoms with Crippen LogP contribution in [-0.4, -0.2) is 23.8 Å². The Kier molecular flexibility index (Phi) is 4.90. The third kappa shape index (κ3) is 4.09. The number of methoxy groups -OCH3 is 1. The number of anilines is 1. The van der Waals surface area contributed by atoms with Gasteiger partial charge in [0.25, 0.3) is 0 Å². The van der Waals surface area contributed by atoms with Gasteiger partial charge in [-0.05, 0) is 19.1 Å². The van der Waals surface area contributed by atoms with Gasteiger partial charge in [-0.25, -0.2) is 4.98 Å². The smallest absolute Gasteiger partial charge is 0.305 e. The summed E-state index contributed by atoms with van der Waals surface area (Å²) in [4.78, 5) is 15.0. The van der Waals surface area contributed by atoms with Gasteiger partial charge >= 0.3 is 5.97 Å². The molecule has 4 nitrogen and oxygen atoms in total. The minimum Gasteiger partial charge on any atom is -0.469 e. The summed E-state index contributed by atoms with van der Waals surface area (Å²) in [6, 6.07) is 0. The number of carbonyl (C=O) groups excluding carboxylic acids is 1.